The van der Waals surface area contributed by atoms with Gasteiger partial charge in [0.2, 0.25) is 0 Å². The number of hydrogen-bond acceptors (Lipinski definition) is 3. The van der Waals surface area contributed by atoms with Gasteiger partial charge in [0, 0.05) is 23.0 Å². The first kappa shape index (κ1) is 13.7. The highest BCUT2D eigenvalue weighted by molar-refractivity contribution is 7.10. The first-order chi connectivity index (χ1) is 9.11. The standard InChI is InChI=1S/C15H15FN2S/c1-11(15-4-3-7-19-15)18(2)10-13-6-5-12(9-17)8-14(13)16/h3-8,11H,10H2,1-2H3. The van der Waals surface area contributed by atoms with E-state index in [1.807, 2.05) is 24.6 Å². The molecule has 2 nitrogen and oxygen atoms in total. The van der Waals surface area contributed by atoms with E-state index >= 15 is 0 Å². The summed E-state index contributed by atoms with van der Waals surface area (Å²) in [7, 11) is 1.97. The minimum absolute atomic E-state index is 0.245. The van der Waals surface area contributed by atoms with Gasteiger partial charge < -0.3 is 0 Å². The van der Waals surface area contributed by atoms with Crippen LogP contribution < -0.4 is 0 Å². The molecule has 0 radical (unpaired) electrons. The van der Waals surface area contributed by atoms with Crippen LogP contribution in [0.3, 0.4) is 0 Å². The van der Waals surface area contributed by atoms with E-state index in [2.05, 4.69) is 17.9 Å². The number of nitrogens with zero attached hydrogens (tertiary/aromatic N) is 2. The molecule has 19 heavy (non-hydrogen) atoms. The van der Waals surface area contributed by atoms with Gasteiger partial charge in [-0.25, -0.2) is 4.39 Å². The maximum Gasteiger partial charge on any atom is 0.129 e. The molecule has 0 fully saturated rings. The topological polar surface area (TPSA) is 27.0 Å². The van der Waals surface area contributed by atoms with E-state index < -0.39 is 0 Å². The fourth-order valence-electron chi connectivity index (χ4n) is 1.90. The SMILES string of the molecule is CC(c1cccs1)N(C)Cc1ccc(C#N)cc1F. The van der Waals surface area contributed by atoms with Crippen molar-refractivity contribution in [2.75, 3.05) is 7.05 Å². The maximum absolute atomic E-state index is 13.8. The highest BCUT2D eigenvalue weighted by atomic mass is 32.1. The lowest BCUT2D eigenvalue weighted by atomic mass is 10.1. The van der Waals surface area contributed by atoms with Gasteiger partial charge in [0.15, 0.2) is 0 Å². The number of rotatable bonds is 4. The Kier molecular flexibility index (Phi) is 4.31. The van der Waals surface area contributed by atoms with Gasteiger partial charge in [-0.1, -0.05) is 12.1 Å². The number of thiophene rings is 1. The number of hydrogen-bond donors (Lipinski definition) is 0. The Morgan fingerprint density at radius 3 is 2.79 bits per heavy atom. The molecule has 1 aromatic carbocycles. The highest BCUT2D eigenvalue weighted by Crippen LogP contribution is 2.25. The molecule has 4 heteroatoms. The lowest BCUT2D eigenvalue weighted by Crippen LogP contribution is -2.21. The first-order valence-electron chi connectivity index (χ1n) is 6.04. The molecular weight excluding hydrogens is 259 g/mol. The molecule has 0 saturated carbocycles. The van der Waals surface area contributed by atoms with Gasteiger partial charge in [-0.05, 0) is 37.6 Å². The third kappa shape index (κ3) is 3.19. The molecule has 2 rings (SSSR count). The van der Waals surface area contributed by atoms with Gasteiger partial charge in [-0.15, -0.1) is 11.3 Å². The van der Waals surface area contributed by atoms with Crippen LogP contribution in [0.5, 0.6) is 0 Å². The normalized spacial score (nSPS) is 12.4. The first-order valence-corrected chi connectivity index (χ1v) is 6.92. The summed E-state index contributed by atoms with van der Waals surface area (Å²) >= 11 is 1.70. The summed E-state index contributed by atoms with van der Waals surface area (Å²) in [6.07, 6.45) is 0. The molecule has 2 aromatic rings. The fourth-order valence-corrected chi connectivity index (χ4v) is 2.75. The molecule has 98 valence electrons. The van der Waals surface area contributed by atoms with E-state index in [0.717, 1.165) is 0 Å². The Hall–Kier alpha value is -1.70. The second-order valence-electron chi connectivity index (χ2n) is 4.52. The number of benzene rings is 1. The van der Waals surface area contributed by atoms with Crippen LogP contribution in [0, 0.1) is 17.1 Å². The second kappa shape index (κ2) is 5.96. The Morgan fingerprint density at radius 2 is 2.21 bits per heavy atom. The fraction of sp³-hybridized carbons (Fsp3) is 0.267. The molecule has 0 spiro atoms. The summed E-state index contributed by atoms with van der Waals surface area (Å²) in [5.74, 6) is -0.315. The quantitative estimate of drug-likeness (QED) is 0.844. The van der Waals surface area contributed by atoms with Crippen molar-refractivity contribution < 1.29 is 4.39 Å². The zero-order chi connectivity index (χ0) is 13.8. The molecule has 1 atom stereocenters. The van der Waals surface area contributed by atoms with Gasteiger partial charge in [0.1, 0.15) is 5.82 Å². The monoisotopic (exact) mass is 274 g/mol. The minimum Gasteiger partial charge on any atom is -0.294 e. The van der Waals surface area contributed by atoms with Crippen molar-refractivity contribution in [2.45, 2.75) is 19.5 Å². The summed E-state index contributed by atoms with van der Waals surface area (Å²) in [4.78, 5) is 3.35. The second-order valence-corrected chi connectivity index (χ2v) is 5.50. The molecule has 0 aliphatic heterocycles. The van der Waals surface area contributed by atoms with Crippen molar-refractivity contribution >= 4 is 11.3 Å². The molecular formula is C15H15FN2S. The van der Waals surface area contributed by atoms with Crippen LogP contribution >= 0.6 is 11.3 Å². The zero-order valence-electron chi connectivity index (χ0n) is 10.9. The van der Waals surface area contributed by atoms with Crippen LogP contribution in [0.2, 0.25) is 0 Å². The van der Waals surface area contributed by atoms with E-state index in [1.54, 1.807) is 23.5 Å². The van der Waals surface area contributed by atoms with Crippen molar-refractivity contribution in [2.24, 2.45) is 0 Å². The highest BCUT2D eigenvalue weighted by Gasteiger charge is 2.14. The summed E-state index contributed by atoms with van der Waals surface area (Å²) in [6.45, 7) is 2.63. The van der Waals surface area contributed by atoms with Crippen LogP contribution in [0.25, 0.3) is 0 Å². The number of halogens is 1. The largest absolute Gasteiger partial charge is 0.294 e. The summed E-state index contributed by atoms with van der Waals surface area (Å²) in [6, 6.07) is 10.9. The van der Waals surface area contributed by atoms with Gasteiger partial charge in [-0.2, -0.15) is 5.26 Å². The van der Waals surface area contributed by atoms with Gasteiger partial charge >= 0.3 is 0 Å². The molecule has 0 aliphatic rings. The summed E-state index contributed by atoms with van der Waals surface area (Å²) in [5, 5.41) is 10.8. The predicted octanol–water partition coefficient (Wildman–Crippen LogP) is 3.95. The Labute approximate surface area is 116 Å². The van der Waals surface area contributed by atoms with Crippen molar-refractivity contribution in [3.63, 3.8) is 0 Å². The third-order valence-corrected chi connectivity index (χ3v) is 4.26. The third-order valence-electron chi connectivity index (χ3n) is 3.22. The molecule has 0 N–H and O–H groups in total. The van der Waals surface area contributed by atoms with Gasteiger partial charge in [0.05, 0.1) is 11.6 Å². The molecule has 0 amide bonds. The van der Waals surface area contributed by atoms with E-state index in [4.69, 9.17) is 5.26 Å². The van der Waals surface area contributed by atoms with Crippen molar-refractivity contribution in [3.05, 3.63) is 57.5 Å². The van der Waals surface area contributed by atoms with E-state index in [-0.39, 0.29) is 11.9 Å². The van der Waals surface area contributed by atoms with Crippen molar-refractivity contribution in [1.82, 2.24) is 4.90 Å². The van der Waals surface area contributed by atoms with E-state index in [0.29, 0.717) is 17.7 Å². The predicted molar refractivity (Wildman–Crippen MR) is 75.3 cm³/mol. The Bertz CT molecular complexity index is 587. The van der Waals surface area contributed by atoms with Crippen molar-refractivity contribution in [3.8, 4) is 6.07 Å². The van der Waals surface area contributed by atoms with Crippen LogP contribution in [-0.4, -0.2) is 11.9 Å². The lowest BCUT2D eigenvalue weighted by Gasteiger charge is -2.24. The van der Waals surface area contributed by atoms with Crippen LogP contribution in [0.1, 0.15) is 29.0 Å². The Morgan fingerprint density at radius 1 is 1.42 bits per heavy atom. The van der Waals surface area contributed by atoms with E-state index in [9.17, 15) is 4.39 Å². The van der Waals surface area contributed by atoms with Crippen LogP contribution in [0.15, 0.2) is 35.7 Å². The molecule has 1 aromatic heterocycles. The molecule has 1 heterocycles. The average molecular weight is 274 g/mol. The molecule has 0 saturated heterocycles. The average Bonchev–Trinajstić information content (AvgIpc) is 2.94. The molecule has 1 unspecified atom stereocenters. The van der Waals surface area contributed by atoms with Crippen LogP contribution in [-0.2, 0) is 6.54 Å². The van der Waals surface area contributed by atoms with Gasteiger partial charge in [-0.3, -0.25) is 4.90 Å². The number of nitriles is 1. The smallest absolute Gasteiger partial charge is 0.129 e. The molecule has 0 bridgehead atoms. The van der Waals surface area contributed by atoms with Crippen molar-refractivity contribution in [1.29, 1.82) is 5.26 Å². The maximum atomic E-state index is 13.8. The Balaban J connectivity index is 2.11. The zero-order valence-corrected chi connectivity index (χ0v) is 11.7. The summed E-state index contributed by atoms with van der Waals surface area (Å²) < 4.78 is 13.8. The van der Waals surface area contributed by atoms with E-state index in [1.165, 1.54) is 10.9 Å². The van der Waals surface area contributed by atoms with Crippen LogP contribution in [0.4, 0.5) is 4.39 Å². The summed E-state index contributed by atoms with van der Waals surface area (Å²) in [5.41, 5.74) is 0.972. The lowest BCUT2D eigenvalue weighted by molar-refractivity contribution is 0.253. The van der Waals surface area contributed by atoms with Gasteiger partial charge in [0.25, 0.3) is 0 Å². The minimum atomic E-state index is -0.315. The molecule has 0 aliphatic carbocycles.